The highest BCUT2D eigenvalue weighted by atomic mass is 19.1. The molecule has 0 bridgehead atoms. The van der Waals surface area contributed by atoms with Gasteiger partial charge in [-0.3, -0.25) is 4.79 Å². The number of halogens is 1. The Morgan fingerprint density at radius 3 is 2.50 bits per heavy atom. The van der Waals surface area contributed by atoms with Crippen LogP contribution in [0.15, 0.2) is 36.0 Å². The van der Waals surface area contributed by atoms with E-state index >= 15 is 0 Å². The minimum Gasteiger partial charge on any atom is -0.372 e. The fourth-order valence-electron chi connectivity index (χ4n) is 2.36. The Bertz CT molecular complexity index is 597. The number of anilines is 1. The first-order chi connectivity index (χ1) is 10.5. The summed E-state index contributed by atoms with van der Waals surface area (Å²) in [6.07, 6.45) is 1.23. The van der Waals surface area contributed by atoms with Gasteiger partial charge in [0, 0.05) is 25.0 Å². The van der Waals surface area contributed by atoms with E-state index in [1.165, 1.54) is 30.5 Å². The molecular formula is C16H18FN3O2. The third-order valence-electron chi connectivity index (χ3n) is 3.29. The Labute approximate surface area is 129 Å². The highest BCUT2D eigenvalue weighted by Gasteiger charge is 2.27. The van der Waals surface area contributed by atoms with Crippen molar-refractivity contribution in [2.24, 2.45) is 0 Å². The lowest BCUT2D eigenvalue weighted by Crippen LogP contribution is -2.48. The number of nitriles is 1. The Hall–Kier alpha value is -2.39. The van der Waals surface area contributed by atoms with Crippen LogP contribution in [0.25, 0.3) is 0 Å². The number of ether oxygens (including phenoxy) is 1. The fraction of sp³-hybridized carbons (Fsp3) is 0.375. The molecule has 0 radical (unpaired) electrons. The molecule has 1 saturated heterocycles. The highest BCUT2D eigenvalue weighted by molar-refractivity contribution is 5.97. The minimum atomic E-state index is -0.345. The summed E-state index contributed by atoms with van der Waals surface area (Å²) in [7, 11) is 0. The molecule has 2 unspecified atom stereocenters. The molecule has 1 amide bonds. The van der Waals surface area contributed by atoms with Gasteiger partial charge in [-0.25, -0.2) is 4.39 Å². The summed E-state index contributed by atoms with van der Waals surface area (Å²) in [6.45, 7) is 4.70. The zero-order valence-electron chi connectivity index (χ0n) is 12.5. The van der Waals surface area contributed by atoms with Gasteiger partial charge in [-0.05, 0) is 38.1 Å². The van der Waals surface area contributed by atoms with Crippen molar-refractivity contribution in [3.05, 3.63) is 41.9 Å². The van der Waals surface area contributed by atoms with Crippen molar-refractivity contribution >= 4 is 11.6 Å². The van der Waals surface area contributed by atoms with Crippen molar-refractivity contribution in [2.75, 3.05) is 18.4 Å². The molecule has 2 atom stereocenters. The minimum absolute atomic E-state index is 0.00521. The molecule has 1 aliphatic heterocycles. The zero-order chi connectivity index (χ0) is 16.1. The molecule has 116 valence electrons. The number of benzene rings is 1. The van der Waals surface area contributed by atoms with Crippen LogP contribution in [0.3, 0.4) is 0 Å². The SMILES string of the molecule is CC1CN(C(=O)/C(C#N)=C\Nc2ccc(F)cc2)CC(C)O1. The molecule has 5 nitrogen and oxygen atoms in total. The second-order valence-electron chi connectivity index (χ2n) is 5.29. The maximum Gasteiger partial charge on any atom is 0.266 e. The molecule has 0 saturated carbocycles. The van der Waals surface area contributed by atoms with Crippen molar-refractivity contribution in [2.45, 2.75) is 26.1 Å². The molecule has 1 fully saturated rings. The van der Waals surface area contributed by atoms with E-state index in [1.54, 1.807) is 4.90 Å². The molecule has 0 aliphatic carbocycles. The highest BCUT2D eigenvalue weighted by Crippen LogP contribution is 2.14. The lowest BCUT2D eigenvalue weighted by molar-refractivity contribution is -0.138. The Morgan fingerprint density at radius 1 is 1.36 bits per heavy atom. The number of amides is 1. The van der Waals surface area contributed by atoms with Crippen LogP contribution in [-0.2, 0) is 9.53 Å². The third-order valence-corrected chi connectivity index (χ3v) is 3.29. The van der Waals surface area contributed by atoms with Crippen LogP contribution < -0.4 is 5.32 Å². The van der Waals surface area contributed by atoms with Gasteiger partial charge in [-0.2, -0.15) is 5.26 Å². The number of rotatable bonds is 3. The average Bonchev–Trinajstić information content (AvgIpc) is 2.48. The summed E-state index contributed by atoms with van der Waals surface area (Å²) in [5.74, 6) is -0.679. The van der Waals surface area contributed by atoms with Crippen LogP contribution in [0, 0.1) is 17.1 Å². The fourth-order valence-corrected chi connectivity index (χ4v) is 2.36. The van der Waals surface area contributed by atoms with E-state index in [-0.39, 0.29) is 29.5 Å². The van der Waals surface area contributed by atoms with Gasteiger partial charge in [0.2, 0.25) is 0 Å². The summed E-state index contributed by atoms with van der Waals surface area (Å²) in [5, 5.41) is 12.0. The molecule has 1 aromatic rings. The molecule has 1 aliphatic rings. The van der Waals surface area contributed by atoms with Gasteiger partial charge in [0.25, 0.3) is 5.91 Å². The largest absolute Gasteiger partial charge is 0.372 e. The lowest BCUT2D eigenvalue weighted by atomic mass is 10.2. The van der Waals surface area contributed by atoms with Crippen molar-refractivity contribution in [3.8, 4) is 6.07 Å². The topological polar surface area (TPSA) is 65.4 Å². The van der Waals surface area contributed by atoms with Crippen molar-refractivity contribution in [1.29, 1.82) is 5.26 Å². The molecule has 2 rings (SSSR count). The van der Waals surface area contributed by atoms with E-state index in [1.807, 2.05) is 19.9 Å². The number of nitrogens with one attached hydrogen (secondary N) is 1. The molecule has 1 heterocycles. The normalized spacial score (nSPS) is 22.1. The summed E-state index contributed by atoms with van der Waals surface area (Å²) in [6, 6.07) is 7.57. The van der Waals surface area contributed by atoms with E-state index in [2.05, 4.69) is 5.32 Å². The molecule has 0 spiro atoms. The van der Waals surface area contributed by atoms with E-state index in [0.29, 0.717) is 18.8 Å². The quantitative estimate of drug-likeness (QED) is 0.687. The van der Waals surface area contributed by atoms with Crippen LogP contribution in [0.5, 0.6) is 0 Å². The first kappa shape index (κ1) is 16.0. The lowest BCUT2D eigenvalue weighted by Gasteiger charge is -2.35. The van der Waals surface area contributed by atoms with Gasteiger partial charge in [0.1, 0.15) is 17.5 Å². The number of morpholine rings is 1. The number of hydrogen-bond donors (Lipinski definition) is 1. The second-order valence-corrected chi connectivity index (χ2v) is 5.29. The predicted molar refractivity (Wildman–Crippen MR) is 80.3 cm³/mol. The van der Waals surface area contributed by atoms with Crippen molar-refractivity contribution < 1.29 is 13.9 Å². The zero-order valence-corrected chi connectivity index (χ0v) is 12.5. The summed E-state index contributed by atoms with van der Waals surface area (Å²) in [5.41, 5.74) is 0.608. The van der Waals surface area contributed by atoms with Gasteiger partial charge in [0.05, 0.1) is 12.2 Å². The average molecular weight is 303 g/mol. The summed E-state index contributed by atoms with van der Waals surface area (Å²) < 4.78 is 18.4. The summed E-state index contributed by atoms with van der Waals surface area (Å²) >= 11 is 0. The van der Waals surface area contributed by atoms with Crippen LogP contribution in [0.4, 0.5) is 10.1 Å². The Morgan fingerprint density at radius 2 is 1.95 bits per heavy atom. The molecule has 0 aromatic heterocycles. The smallest absolute Gasteiger partial charge is 0.266 e. The molecule has 1 N–H and O–H groups in total. The Kier molecular flexibility index (Phi) is 5.12. The number of nitrogens with zero attached hydrogens (tertiary/aromatic N) is 2. The monoisotopic (exact) mass is 303 g/mol. The maximum atomic E-state index is 12.8. The van der Waals surface area contributed by atoms with Gasteiger partial charge < -0.3 is 15.0 Å². The number of carbonyl (C=O) groups excluding carboxylic acids is 1. The van der Waals surface area contributed by atoms with Gasteiger partial charge in [-0.15, -0.1) is 0 Å². The van der Waals surface area contributed by atoms with E-state index in [4.69, 9.17) is 4.74 Å². The Balaban J connectivity index is 2.06. The first-order valence-corrected chi connectivity index (χ1v) is 7.06. The van der Waals surface area contributed by atoms with Crippen LogP contribution in [-0.4, -0.2) is 36.1 Å². The standard InChI is InChI=1S/C16H18FN3O2/c1-11-9-20(10-12(2)22-11)16(21)13(7-18)8-19-15-5-3-14(17)4-6-15/h3-6,8,11-12,19H,9-10H2,1-2H3/b13-8-. The molecule has 6 heteroatoms. The van der Waals surface area contributed by atoms with Crippen molar-refractivity contribution in [3.63, 3.8) is 0 Å². The van der Waals surface area contributed by atoms with Crippen LogP contribution in [0.2, 0.25) is 0 Å². The molecular weight excluding hydrogens is 285 g/mol. The first-order valence-electron chi connectivity index (χ1n) is 7.06. The van der Waals surface area contributed by atoms with Crippen LogP contribution in [0.1, 0.15) is 13.8 Å². The molecule has 1 aromatic carbocycles. The predicted octanol–water partition coefficient (Wildman–Crippen LogP) is 2.28. The number of hydrogen-bond acceptors (Lipinski definition) is 4. The summed E-state index contributed by atoms with van der Waals surface area (Å²) in [4.78, 5) is 14.0. The van der Waals surface area contributed by atoms with E-state index in [0.717, 1.165) is 0 Å². The van der Waals surface area contributed by atoms with Gasteiger partial charge in [0.15, 0.2) is 0 Å². The molecule has 22 heavy (non-hydrogen) atoms. The van der Waals surface area contributed by atoms with Gasteiger partial charge in [-0.1, -0.05) is 0 Å². The van der Waals surface area contributed by atoms with Crippen molar-refractivity contribution in [1.82, 2.24) is 4.90 Å². The van der Waals surface area contributed by atoms with E-state index < -0.39 is 0 Å². The second kappa shape index (κ2) is 7.05. The third kappa shape index (κ3) is 4.06. The van der Waals surface area contributed by atoms with E-state index in [9.17, 15) is 14.4 Å². The van der Waals surface area contributed by atoms with Crippen LogP contribution >= 0.6 is 0 Å². The number of carbonyl (C=O) groups is 1. The van der Waals surface area contributed by atoms with Gasteiger partial charge >= 0.3 is 0 Å². The maximum absolute atomic E-state index is 12.8.